The molecule has 0 spiro atoms. The predicted molar refractivity (Wildman–Crippen MR) is 45.8 cm³/mol. The molecule has 0 amide bonds. The lowest BCUT2D eigenvalue weighted by atomic mass is 10.2. The second-order valence-corrected chi connectivity index (χ2v) is 2.24. The molecule has 0 aromatic carbocycles. The summed E-state index contributed by atoms with van der Waals surface area (Å²) in [4.78, 5) is 13.7. The van der Waals surface area contributed by atoms with Gasteiger partial charge in [0.25, 0.3) is 5.69 Å². The number of aromatic nitrogens is 1. The summed E-state index contributed by atoms with van der Waals surface area (Å²) in [5, 5.41) is 10.4. The van der Waals surface area contributed by atoms with Crippen LogP contribution in [0.3, 0.4) is 0 Å². The minimum Gasteiger partial charge on any atom is -0.264 e. The standard InChI is InChI=1S/C7H5ClN2O2/c8-3-1-6-5-9-4-2-7(6)10(11)12/h1-5H. The average molecular weight is 185 g/mol. The maximum absolute atomic E-state index is 10.4. The van der Waals surface area contributed by atoms with Crippen LogP contribution in [0, 0.1) is 10.1 Å². The summed E-state index contributed by atoms with van der Waals surface area (Å²) in [6, 6.07) is 1.33. The van der Waals surface area contributed by atoms with E-state index in [9.17, 15) is 10.1 Å². The molecule has 0 saturated carbocycles. The number of nitro groups is 1. The highest BCUT2D eigenvalue weighted by atomic mass is 35.5. The van der Waals surface area contributed by atoms with E-state index >= 15 is 0 Å². The van der Waals surface area contributed by atoms with E-state index in [1.165, 1.54) is 30.1 Å². The number of pyridine rings is 1. The molecular weight excluding hydrogens is 180 g/mol. The molecule has 0 atom stereocenters. The van der Waals surface area contributed by atoms with Gasteiger partial charge >= 0.3 is 0 Å². The Hall–Kier alpha value is -1.42. The Balaban J connectivity index is 3.17. The van der Waals surface area contributed by atoms with E-state index in [0.29, 0.717) is 5.56 Å². The summed E-state index contributed by atoms with van der Waals surface area (Å²) >= 11 is 5.28. The van der Waals surface area contributed by atoms with Crippen molar-refractivity contribution in [3.05, 3.63) is 39.7 Å². The molecule has 0 aliphatic heterocycles. The van der Waals surface area contributed by atoms with Crippen molar-refractivity contribution in [1.29, 1.82) is 0 Å². The molecule has 0 aliphatic rings. The third-order valence-electron chi connectivity index (χ3n) is 1.27. The fraction of sp³-hybridized carbons (Fsp3) is 0. The van der Waals surface area contributed by atoms with Crippen LogP contribution in [-0.2, 0) is 0 Å². The molecule has 5 heteroatoms. The number of halogens is 1. The molecule has 0 N–H and O–H groups in total. The van der Waals surface area contributed by atoms with Crippen LogP contribution in [0.2, 0.25) is 0 Å². The van der Waals surface area contributed by atoms with Gasteiger partial charge in [-0.05, 0) is 6.08 Å². The lowest BCUT2D eigenvalue weighted by Crippen LogP contribution is -1.91. The van der Waals surface area contributed by atoms with Crippen molar-refractivity contribution < 1.29 is 4.92 Å². The third kappa shape index (κ3) is 1.79. The van der Waals surface area contributed by atoms with Crippen molar-refractivity contribution in [2.45, 2.75) is 0 Å². The lowest BCUT2D eigenvalue weighted by molar-refractivity contribution is -0.385. The minimum atomic E-state index is -0.478. The number of rotatable bonds is 2. The summed E-state index contributed by atoms with van der Waals surface area (Å²) in [6.07, 6.45) is 4.17. The Morgan fingerprint density at radius 3 is 3.00 bits per heavy atom. The van der Waals surface area contributed by atoms with Crippen molar-refractivity contribution in [1.82, 2.24) is 4.98 Å². The fourth-order valence-electron chi connectivity index (χ4n) is 0.762. The molecule has 1 aromatic rings. The zero-order valence-electron chi connectivity index (χ0n) is 5.98. The molecule has 62 valence electrons. The van der Waals surface area contributed by atoms with E-state index in [4.69, 9.17) is 11.6 Å². The van der Waals surface area contributed by atoms with Crippen LogP contribution in [0.4, 0.5) is 5.69 Å². The maximum Gasteiger partial charge on any atom is 0.279 e. The molecule has 0 radical (unpaired) electrons. The van der Waals surface area contributed by atoms with Crippen molar-refractivity contribution in [2.75, 3.05) is 0 Å². The van der Waals surface area contributed by atoms with E-state index in [1.807, 2.05) is 0 Å². The smallest absolute Gasteiger partial charge is 0.264 e. The van der Waals surface area contributed by atoms with Crippen LogP contribution in [0.1, 0.15) is 5.56 Å². The predicted octanol–water partition coefficient (Wildman–Crippen LogP) is 2.20. The number of nitrogens with zero attached hydrogens (tertiary/aromatic N) is 2. The van der Waals surface area contributed by atoms with Gasteiger partial charge in [0.1, 0.15) is 0 Å². The lowest BCUT2D eigenvalue weighted by Gasteiger charge is -1.93. The van der Waals surface area contributed by atoms with Crippen LogP contribution >= 0.6 is 11.6 Å². The normalized spacial score (nSPS) is 10.4. The molecule has 0 fully saturated rings. The first-order valence-corrected chi connectivity index (χ1v) is 3.54. The molecule has 0 unspecified atom stereocenters. The minimum absolute atomic E-state index is 0.00176. The molecule has 1 heterocycles. The topological polar surface area (TPSA) is 56.0 Å². The molecule has 0 saturated heterocycles. The van der Waals surface area contributed by atoms with Crippen molar-refractivity contribution in [2.24, 2.45) is 0 Å². The zero-order valence-corrected chi connectivity index (χ0v) is 6.73. The number of hydrogen-bond acceptors (Lipinski definition) is 3. The quantitative estimate of drug-likeness (QED) is 0.523. The highest BCUT2D eigenvalue weighted by Gasteiger charge is 2.09. The van der Waals surface area contributed by atoms with E-state index in [0.717, 1.165) is 0 Å². The molecule has 0 aliphatic carbocycles. The van der Waals surface area contributed by atoms with E-state index in [-0.39, 0.29) is 5.69 Å². The Morgan fingerprint density at radius 1 is 1.67 bits per heavy atom. The van der Waals surface area contributed by atoms with Gasteiger partial charge in [-0.1, -0.05) is 11.6 Å². The van der Waals surface area contributed by atoms with Gasteiger partial charge in [0.05, 0.1) is 10.5 Å². The van der Waals surface area contributed by atoms with Gasteiger partial charge in [0, 0.05) is 24.0 Å². The maximum atomic E-state index is 10.4. The number of hydrogen-bond donors (Lipinski definition) is 0. The summed E-state index contributed by atoms with van der Waals surface area (Å²) in [5.41, 5.74) is 1.61. The molecular formula is C7H5ClN2O2. The van der Waals surface area contributed by atoms with E-state index in [1.54, 1.807) is 0 Å². The third-order valence-corrected chi connectivity index (χ3v) is 1.39. The van der Waals surface area contributed by atoms with Gasteiger partial charge < -0.3 is 0 Å². The van der Waals surface area contributed by atoms with Crippen LogP contribution in [0.5, 0.6) is 0 Å². The molecule has 1 aromatic heterocycles. The summed E-state index contributed by atoms with van der Waals surface area (Å²) in [5.74, 6) is 0. The first-order valence-electron chi connectivity index (χ1n) is 3.11. The van der Waals surface area contributed by atoms with Crippen LogP contribution in [0.15, 0.2) is 24.0 Å². The van der Waals surface area contributed by atoms with Gasteiger partial charge in [-0.3, -0.25) is 15.1 Å². The van der Waals surface area contributed by atoms with Gasteiger partial charge in [0.2, 0.25) is 0 Å². The van der Waals surface area contributed by atoms with Gasteiger partial charge in [-0.2, -0.15) is 0 Å². The Morgan fingerprint density at radius 2 is 2.42 bits per heavy atom. The van der Waals surface area contributed by atoms with Gasteiger partial charge in [0.15, 0.2) is 0 Å². The summed E-state index contributed by atoms with van der Waals surface area (Å²) < 4.78 is 0. The largest absolute Gasteiger partial charge is 0.279 e. The Labute approximate surface area is 73.6 Å². The van der Waals surface area contributed by atoms with Gasteiger partial charge in [-0.15, -0.1) is 0 Å². The molecule has 1 rings (SSSR count). The average Bonchev–Trinajstić information content (AvgIpc) is 2.05. The summed E-state index contributed by atoms with van der Waals surface area (Å²) in [6.45, 7) is 0. The fourth-order valence-corrected chi connectivity index (χ4v) is 0.898. The van der Waals surface area contributed by atoms with Crippen molar-refractivity contribution in [3.63, 3.8) is 0 Å². The molecule has 0 bridgehead atoms. The Bertz CT molecular complexity index is 325. The first-order chi connectivity index (χ1) is 5.75. The second-order valence-electron chi connectivity index (χ2n) is 1.98. The van der Waals surface area contributed by atoms with Crippen molar-refractivity contribution in [3.8, 4) is 0 Å². The monoisotopic (exact) mass is 184 g/mol. The van der Waals surface area contributed by atoms with E-state index in [2.05, 4.69) is 4.98 Å². The van der Waals surface area contributed by atoms with Crippen LogP contribution in [-0.4, -0.2) is 9.91 Å². The first kappa shape index (κ1) is 8.67. The van der Waals surface area contributed by atoms with Crippen LogP contribution in [0.25, 0.3) is 6.08 Å². The molecule has 12 heavy (non-hydrogen) atoms. The van der Waals surface area contributed by atoms with E-state index < -0.39 is 4.92 Å². The van der Waals surface area contributed by atoms with Gasteiger partial charge in [-0.25, -0.2) is 0 Å². The molecule has 4 nitrogen and oxygen atoms in total. The van der Waals surface area contributed by atoms with Crippen molar-refractivity contribution >= 4 is 23.4 Å². The SMILES string of the molecule is O=[N+]([O-])c1ccncc1C=CCl. The highest BCUT2D eigenvalue weighted by molar-refractivity contribution is 6.27. The second kappa shape index (κ2) is 3.82. The zero-order chi connectivity index (χ0) is 8.97. The summed E-state index contributed by atoms with van der Waals surface area (Å²) in [7, 11) is 0. The van der Waals surface area contributed by atoms with Crippen LogP contribution < -0.4 is 0 Å². The Kier molecular flexibility index (Phi) is 2.76. The highest BCUT2D eigenvalue weighted by Crippen LogP contribution is 2.17.